The maximum Gasteiger partial charge on any atom is 0.129 e. The molecule has 0 saturated heterocycles. The summed E-state index contributed by atoms with van der Waals surface area (Å²) < 4.78 is 0. The van der Waals surface area contributed by atoms with E-state index < -0.39 is 0 Å². The van der Waals surface area contributed by atoms with Gasteiger partial charge in [0, 0.05) is 18.9 Å². The summed E-state index contributed by atoms with van der Waals surface area (Å²) in [7, 11) is 0. The summed E-state index contributed by atoms with van der Waals surface area (Å²) in [4.78, 5) is 6.06. The van der Waals surface area contributed by atoms with Gasteiger partial charge in [-0.3, -0.25) is 0 Å². The van der Waals surface area contributed by atoms with Crippen molar-refractivity contribution in [2.24, 2.45) is 5.73 Å². The third-order valence-electron chi connectivity index (χ3n) is 1.95. The second-order valence-electron chi connectivity index (χ2n) is 2.97. The molecule has 2 heterocycles. The molecule has 3 nitrogen and oxygen atoms in total. The summed E-state index contributed by atoms with van der Waals surface area (Å²) in [5.74, 6) is 0. The van der Waals surface area contributed by atoms with Crippen LogP contribution in [-0.4, -0.2) is 15.4 Å². The van der Waals surface area contributed by atoms with Gasteiger partial charge in [0.15, 0.2) is 0 Å². The Morgan fingerprint density at radius 2 is 2.43 bits per heavy atom. The first-order chi connectivity index (χ1) is 6.75. The molecule has 74 valence electrons. The lowest BCUT2D eigenvalue weighted by Crippen LogP contribution is -2.31. The zero-order valence-electron chi connectivity index (χ0n) is 7.43. The lowest BCUT2D eigenvalue weighted by atomic mass is 10.3. The summed E-state index contributed by atoms with van der Waals surface area (Å²) in [6, 6.07) is 3.74. The predicted octanol–water partition coefficient (Wildman–Crippen LogP) is 2.00. The zero-order chi connectivity index (χ0) is 9.97. The number of hydrogen-bond donors (Lipinski definition) is 1. The molecule has 1 aromatic heterocycles. The number of pyridine rings is 1. The molecular formula is C9H10ClN3S. The van der Waals surface area contributed by atoms with E-state index in [0.29, 0.717) is 5.15 Å². The molecule has 0 bridgehead atoms. The van der Waals surface area contributed by atoms with Gasteiger partial charge in [-0.25, -0.2) is 4.98 Å². The Morgan fingerprint density at radius 1 is 1.57 bits per heavy atom. The van der Waals surface area contributed by atoms with Gasteiger partial charge in [0.1, 0.15) is 10.7 Å². The van der Waals surface area contributed by atoms with Crippen LogP contribution in [0.15, 0.2) is 29.9 Å². The van der Waals surface area contributed by atoms with Gasteiger partial charge in [-0.15, -0.1) is 0 Å². The SMILES string of the molecule is NC1SC=CN1Cc1ccc(Cl)nc1. The van der Waals surface area contributed by atoms with Crippen molar-refractivity contribution in [3.63, 3.8) is 0 Å². The molecule has 1 aliphatic heterocycles. The topological polar surface area (TPSA) is 42.1 Å². The van der Waals surface area contributed by atoms with E-state index in [-0.39, 0.29) is 5.50 Å². The van der Waals surface area contributed by atoms with E-state index in [0.717, 1.165) is 12.1 Å². The van der Waals surface area contributed by atoms with Crippen LogP contribution in [0.5, 0.6) is 0 Å². The second-order valence-corrected chi connectivity index (χ2v) is 4.39. The highest BCUT2D eigenvalue weighted by atomic mass is 35.5. The van der Waals surface area contributed by atoms with Gasteiger partial charge in [-0.1, -0.05) is 29.4 Å². The van der Waals surface area contributed by atoms with Crippen molar-refractivity contribution in [2.45, 2.75) is 12.0 Å². The molecule has 1 unspecified atom stereocenters. The molecule has 2 N–H and O–H groups in total. The first kappa shape index (κ1) is 9.83. The van der Waals surface area contributed by atoms with Crippen LogP contribution in [0.3, 0.4) is 0 Å². The minimum atomic E-state index is 0.0191. The van der Waals surface area contributed by atoms with Gasteiger partial charge in [-0.05, 0) is 17.0 Å². The summed E-state index contributed by atoms with van der Waals surface area (Å²) in [6.45, 7) is 0.773. The molecule has 0 radical (unpaired) electrons. The molecule has 0 spiro atoms. The molecule has 1 atom stereocenters. The van der Waals surface area contributed by atoms with E-state index in [9.17, 15) is 0 Å². The van der Waals surface area contributed by atoms with Crippen molar-refractivity contribution >= 4 is 23.4 Å². The van der Waals surface area contributed by atoms with Crippen LogP contribution in [-0.2, 0) is 6.54 Å². The standard InChI is InChI=1S/C9H10ClN3S/c10-8-2-1-7(5-12-8)6-13-3-4-14-9(13)11/h1-5,9H,6,11H2. The Morgan fingerprint density at radius 3 is 3.00 bits per heavy atom. The molecule has 5 heteroatoms. The third kappa shape index (κ3) is 2.20. The number of rotatable bonds is 2. The van der Waals surface area contributed by atoms with Crippen molar-refractivity contribution in [1.82, 2.24) is 9.88 Å². The molecule has 0 saturated carbocycles. The van der Waals surface area contributed by atoms with Crippen molar-refractivity contribution in [3.8, 4) is 0 Å². The normalized spacial score (nSPS) is 20.4. The minimum absolute atomic E-state index is 0.0191. The number of aromatic nitrogens is 1. The first-order valence-electron chi connectivity index (χ1n) is 4.19. The first-order valence-corrected chi connectivity index (χ1v) is 5.52. The van der Waals surface area contributed by atoms with Crippen molar-refractivity contribution in [3.05, 3.63) is 40.7 Å². The highest BCUT2D eigenvalue weighted by Crippen LogP contribution is 2.22. The van der Waals surface area contributed by atoms with Gasteiger partial charge < -0.3 is 10.6 Å². The maximum absolute atomic E-state index is 5.84. The number of nitrogens with zero attached hydrogens (tertiary/aromatic N) is 2. The molecule has 1 aromatic rings. The highest BCUT2D eigenvalue weighted by molar-refractivity contribution is 8.02. The Hall–Kier alpha value is -0.710. The van der Waals surface area contributed by atoms with Crippen LogP contribution in [0.2, 0.25) is 5.15 Å². The van der Waals surface area contributed by atoms with E-state index in [1.54, 1.807) is 24.0 Å². The summed E-state index contributed by atoms with van der Waals surface area (Å²) in [5, 5.41) is 2.51. The van der Waals surface area contributed by atoms with Crippen molar-refractivity contribution in [1.29, 1.82) is 0 Å². The van der Waals surface area contributed by atoms with Crippen molar-refractivity contribution in [2.75, 3.05) is 0 Å². The lowest BCUT2D eigenvalue weighted by molar-refractivity contribution is 0.359. The van der Waals surface area contributed by atoms with E-state index >= 15 is 0 Å². The predicted molar refractivity (Wildman–Crippen MR) is 59.5 cm³/mol. The number of hydrogen-bond acceptors (Lipinski definition) is 4. The highest BCUT2D eigenvalue weighted by Gasteiger charge is 2.14. The minimum Gasteiger partial charge on any atom is -0.349 e. The van der Waals surface area contributed by atoms with Crippen LogP contribution >= 0.6 is 23.4 Å². The van der Waals surface area contributed by atoms with E-state index in [1.165, 1.54) is 0 Å². The Bertz CT molecular complexity index is 338. The van der Waals surface area contributed by atoms with E-state index in [1.807, 2.05) is 17.7 Å². The van der Waals surface area contributed by atoms with Crippen LogP contribution in [0.1, 0.15) is 5.56 Å². The lowest BCUT2D eigenvalue weighted by Gasteiger charge is -2.20. The Kier molecular flexibility index (Phi) is 2.96. The summed E-state index contributed by atoms with van der Waals surface area (Å²) in [5.41, 5.74) is 6.96. The Labute approximate surface area is 91.9 Å². The molecule has 1 aliphatic rings. The number of halogens is 1. The van der Waals surface area contributed by atoms with Crippen molar-refractivity contribution < 1.29 is 0 Å². The van der Waals surface area contributed by atoms with E-state index in [2.05, 4.69) is 9.88 Å². The van der Waals surface area contributed by atoms with E-state index in [4.69, 9.17) is 17.3 Å². The molecule has 2 rings (SSSR count). The van der Waals surface area contributed by atoms with Crippen LogP contribution < -0.4 is 5.73 Å². The molecule has 0 aromatic carbocycles. The molecule has 0 amide bonds. The van der Waals surface area contributed by atoms with Gasteiger partial charge >= 0.3 is 0 Å². The van der Waals surface area contributed by atoms with Gasteiger partial charge in [0.05, 0.1) is 0 Å². The monoisotopic (exact) mass is 227 g/mol. The number of nitrogens with two attached hydrogens (primary N) is 1. The van der Waals surface area contributed by atoms with Gasteiger partial charge in [0.25, 0.3) is 0 Å². The smallest absolute Gasteiger partial charge is 0.129 e. The number of thioether (sulfide) groups is 1. The fraction of sp³-hybridized carbons (Fsp3) is 0.222. The Balaban J connectivity index is 2.03. The van der Waals surface area contributed by atoms with Crippen LogP contribution in [0.4, 0.5) is 0 Å². The molecular weight excluding hydrogens is 218 g/mol. The zero-order valence-corrected chi connectivity index (χ0v) is 9.00. The summed E-state index contributed by atoms with van der Waals surface area (Å²) in [6.07, 6.45) is 3.76. The average molecular weight is 228 g/mol. The largest absolute Gasteiger partial charge is 0.349 e. The molecule has 0 aliphatic carbocycles. The van der Waals surface area contributed by atoms with Crippen LogP contribution in [0, 0.1) is 0 Å². The fourth-order valence-electron chi connectivity index (χ4n) is 1.21. The van der Waals surface area contributed by atoms with Gasteiger partial charge in [-0.2, -0.15) is 0 Å². The van der Waals surface area contributed by atoms with Gasteiger partial charge in [0.2, 0.25) is 0 Å². The second kappa shape index (κ2) is 4.21. The third-order valence-corrected chi connectivity index (χ3v) is 3.00. The summed E-state index contributed by atoms with van der Waals surface area (Å²) >= 11 is 7.29. The van der Waals surface area contributed by atoms with Crippen LogP contribution in [0.25, 0.3) is 0 Å². The molecule has 0 fully saturated rings. The average Bonchev–Trinajstić information content (AvgIpc) is 2.56. The molecule has 14 heavy (non-hydrogen) atoms. The fourth-order valence-corrected chi connectivity index (χ4v) is 2.01. The quantitative estimate of drug-likeness (QED) is 0.785. The maximum atomic E-state index is 5.84.